The molecule has 0 aromatic heterocycles. The molecule has 2 amide bonds. The summed E-state index contributed by atoms with van der Waals surface area (Å²) in [6.45, 7) is 1.71. The fourth-order valence-electron chi connectivity index (χ4n) is 3.35. The van der Waals surface area contributed by atoms with Crippen LogP contribution in [0.25, 0.3) is 0 Å². The van der Waals surface area contributed by atoms with Gasteiger partial charge in [-0.1, -0.05) is 24.3 Å². The molecule has 1 heterocycles. The second kappa shape index (κ2) is 9.27. The second-order valence-corrected chi connectivity index (χ2v) is 8.93. The Balaban J connectivity index is 1.50. The second-order valence-electron chi connectivity index (χ2n) is 7.04. The van der Waals surface area contributed by atoms with Crippen LogP contribution in [0.5, 0.6) is 5.75 Å². The van der Waals surface area contributed by atoms with E-state index < -0.39 is 10.0 Å². The van der Waals surface area contributed by atoms with Gasteiger partial charge >= 0.3 is 0 Å². The van der Waals surface area contributed by atoms with Crippen molar-refractivity contribution in [3.63, 3.8) is 0 Å². The lowest BCUT2D eigenvalue weighted by molar-refractivity contribution is -0.132. The Morgan fingerprint density at radius 1 is 0.967 bits per heavy atom. The van der Waals surface area contributed by atoms with Gasteiger partial charge in [-0.2, -0.15) is 0 Å². The lowest BCUT2D eigenvalue weighted by Crippen LogP contribution is -2.50. The van der Waals surface area contributed by atoms with Gasteiger partial charge < -0.3 is 14.9 Å². The zero-order valence-corrected chi connectivity index (χ0v) is 17.6. The maximum Gasteiger partial charge on any atom is 0.257 e. The van der Waals surface area contributed by atoms with Crippen LogP contribution in [0.2, 0.25) is 0 Å². The number of rotatable bonds is 6. The average molecular weight is 432 g/mol. The van der Waals surface area contributed by atoms with Crippen molar-refractivity contribution in [2.75, 3.05) is 33.2 Å². The van der Waals surface area contributed by atoms with Crippen LogP contribution in [-0.4, -0.2) is 68.4 Å². The molecule has 0 bridgehead atoms. The van der Waals surface area contributed by atoms with Crippen LogP contribution in [0.3, 0.4) is 0 Å². The SMILES string of the molecule is CNS(=O)(=O)c1ccc(CCC(=O)N2CCN(C(=O)c3ccccc3O)CC2)cc1. The minimum Gasteiger partial charge on any atom is -0.507 e. The van der Waals surface area contributed by atoms with Gasteiger partial charge in [0.05, 0.1) is 10.5 Å². The lowest BCUT2D eigenvalue weighted by atomic mass is 10.1. The molecular formula is C21H25N3O5S. The number of para-hydroxylation sites is 1. The molecule has 1 fully saturated rings. The number of aromatic hydroxyl groups is 1. The van der Waals surface area contributed by atoms with Gasteiger partial charge in [0, 0.05) is 32.6 Å². The van der Waals surface area contributed by atoms with Crippen LogP contribution in [0.4, 0.5) is 0 Å². The van der Waals surface area contributed by atoms with Crippen LogP contribution < -0.4 is 4.72 Å². The van der Waals surface area contributed by atoms with E-state index in [9.17, 15) is 23.1 Å². The first-order chi connectivity index (χ1) is 14.3. The van der Waals surface area contributed by atoms with E-state index in [-0.39, 0.29) is 28.0 Å². The molecule has 1 saturated heterocycles. The highest BCUT2D eigenvalue weighted by Crippen LogP contribution is 2.19. The Bertz CT molecular complexity index is 1010. The normalized spacial score (nSPS) is 14.6. The fraction of sp³-hybridized carbons (Fsp3) is 0.333. The Morgan fingerprint density at radius 3 is 2.17 bits per heavy atom. The molecule has 0 unspecified atom stereocenters. The quantitative estimate of drug-likeness (QED) is 0.715. The molecule has 0 saturated carbocycles. The van der Waals surface area contributed by atoms with Gasteiger partial charge in [-0.15, -0.1) is 0 Å². The molecular weight excluding hydrogens is 406 g/mol. The van der Waals surface area contributed by atoms with Crippen LogP contribution >= 0.6 is 0 Å². The number of carbonyl (C=O) groups excluding carboxylic acids is 2. The average Bonchev–Trinajstić information content (AvgIpc) is 2.77. The van der Waals surface area contributed by atoms with E-state index in [0.29, 0.717) is 39.0 Å². The number of nitrogens with one attached hydrogen (secondary N) is 1. The third kappa shape index (κ3) is 4.98. The standard InChI is InChI=1S/C21H25N3O5S/c1-22-30(28,29)17-9-6-16(7-10-17)8-11-20(26)23-12-14-24(15-13-23)21(27)18-4-2-3-5-19(18)25/h2-7,9-10,22,25H,8,11-15H2,1H3. The number of sulfonamides is 1. The molecule has 0 radical (unpaired) electrons. The van der Waals surface area contributed by atoms with E-state index in [1.54, 1.807) is 40.1 Å². The Kier molecular flexibility index (Phi) is 6.73. The summed E-state index contributed by atoms with van der Waals surface area (Å²) in [5.41, 5.74) is 1.15. The Hall–Kier alpha value is -2.91. The van der Waals surface area contributed by atoms with E-state index in [0.717, 1.165) is 5.56 Å². The number of piperazine rings is 1. The number of hydrogen-bond acceptors (Lipinski definition) is 5. The van der Waals surface area contributed by atoms with Crippen molar-refractivity contribution in [2.24, 2.45) is 0 Å². The molecule has 160 valence electrons. The largest absolute Gasteiger partial charge is 0.507 e. The van der Waals surface area contributed by atoms with Crippen molar-refractivity contribution >= 4 is 21.8 Å². The van der Waals surface area contributed by atoms with Crippen LogP contribution in [0, 0.1) is 0 Å². The van der Waals surface area contributed by atoms with Crippen molar-refractivity contribution < 1.29 is 23.1 Å². The van der Waals surface area contributed by atoms with Crippen molar-refractivity contribution in [2.45, 2.75) is 17.7 Å². The topological polar surface area (TPSA) is 107 Å². The van der Waals surface area contributed by atoms with Crippen molar-refractivity contribution in [1.82, 2.24) is 14.5 Å². The van der Waals surface area contributed by atoms with Crippen molar-refractivity contribution in [3.05, 3.63) is 59.7 Å². The summed E-state index contributed by atoms with van der Waals surface area (Å²) in [6, 6.07) is 12.9. The molecule has 1 aliphatic rings. The lowest BCUT2D eigenvalue weighted by Gasteiger charge is -2.35. The minimum atomic E-state index is -3.47. The molecule has 9 heteroatoms. The zero-order chi connectivity index (χ0) is 21.7. The van der Waals surface area contributed by atoms with Gasteiger partial charge in [-0.3, -0.25) is 9.59 Å². The first-order valence-corrected chi connectivity index (χ1v) is 11.2. The molecule has 8 nitrogen and oxygen atoms in total. The fourth-order valence-corrected chi connectivity index (χ4v) is 4.08. The minimum absolute atomic E-state index is 0.00317. The first kappa shape index (κ1) is 21.8. The predicted octanol–water partition coefficient (Wildman–Crippen LogP) is 1.22. The summed E-state index contributed by atoms with van der Waals surface area (Å²) in [6.07, 6.45) is 0.821. The highest BCUT2D eigenvalue weighted by atomic mass is 32.2. The number of nitrogens with zero attached hydrogens (tertiary/aromatic N) is 2. The summed E-state index contributed by atoms with van der Waals surface area (Å²) >= 11 is 0. The van der Waals surface area contributed by atoms with Gasteiger partial charge in [0.1, 0.15) is 5.75 Å². The number of aryl methyl sites for hydroxylation is 1. The Labute approximate surface area is 176 Å². The molecule has 3 rings (SSSR count). The summed E-state index contributed by atoms with van der Waals surface area (Å²) in [7, 11) is -2.11. The molecule has 2 N–H and O–H groups in total. The maximum atomic E-state index is 12.5. The maximum absolute atomic E-state index is 12.5. The van der Waals surface area contributed by atoms with Gasteiger partial charge in [-0.25, -0.2) is 13.1 Å². The number of benzene rings is 2. The first-order valence-electron chi connectivity index (χ1n) is 9.69. The summed E-state index contributed by atoms with van der Waals surface area (Å²) in [4.78, 5) is 28.6. The summed E-state index contributed by atoms with van der Waals surface area (Å²) < 4.78 is 25.8. The van der Waals surface area contributed by atoms with Crippen LogP contribution in [0.15, 0.2) is 53.4 Å². The van der Waals surface area contributed by atoms with E-state index in [1.807, 2.05) is 0 Å². The summed E-state index contributed by atoms with van der Waals surface area (Å²) in [5, 5.41) is 9.86. The van der Waals surface area contributed by atoms with Crippen LogP contribution in [0.1, 0.15) is 22.3 Å². The highest BCUT2D eigenvalue weighted by Gasteiger charge is 2.25. The van der Waals surface area contributed by atoms with Gasteiger partial charge in [0.15, 0.2) is 0 Å². The smallest absolute Gasteiger partial charge is 0.257 e. The molecule has 2 aromatic rings. The van der Waals surface area contributed by atoms with E-state index in [4.69, 9.17) is 0 Å². The molecule has 1 aliphatic heterocycles. The number of phenolic OH excluding ortho intramolecular Hbond substituents is 1. The molecule has 30 heavy (non-hydrogen) atoms. The third-order valence-corrected chi connectivity index (χ3v) is 6.61. The third-order valence-electron chi connectivity index (χ3n) is 5.18. The van der Waals surface area contributed by atoms with E-state index in [1.165, 1.54) is 25.2 Å². The monoisotopic (exact) mass is 431 g/mol. The molecule has 0 aliphatic carbocycles. The van der Waals surface area contributed by atoms with Gasteiger partial charge in [-0.05, 0) is 43.3 Å². The number of amides is 2. The zero-order valence-electron chi connectivity index (χ0n) is 16.7. The molecule has 2 aromatic carbocycles. The van der Waals surface area contributed by atoms with E-state index >= 15 is 0 Å². The Morgan fingerprint density at radius 2 is 1.57 bits per heavy atom. The van der Waals surface area contributed by atoms with Gasteiger partial charge in [0.25, 0.3) is 5.91 Å². The van der Waals surface area contributed by atoms with Crippen LogP contribution in [-0.2, 0) is 21.2 Å². The van der Waals surface area contributed by atoms with Crippen molar-refractivity contribution in [3.8, 4) is 5.75 Å². The molecule has 0 spiro atoms. The van der Waals surface area contributed by atoms with Gasteiger partial charge in [0.2, 0.25) is 15.9 Å². The summed E-state index contributed by atoms with van der Waals surface area (Å²) in [5.74, 6) is -0.289. The number of carbonyl (C=O) groups is 2. The number of phenols is 1. The molecule has 0 atom stereocenters. The highest BCUT2D eigenvalue weighted by molar-refractivity contribution is 7.89. The number of hydrogen-bond donors (Lipinski definition) is 2. The predicted molar refractivity (Wildman–Crippen MR) is 112 cm³/mol. The van der Waals surface area contributed by atoms with E-state index in [2.05, 4.69) is 4.72 Å². The van der Waals surface area contributed by atoms with Crippen molar-refractivity contribution in [1.29, 1.82) is 0 Å².